The van der Waals surface area contributed by atoms with Crippen molar-refractivity contribution < 1.29 is 14.3 Å². The van der Waals surface area contributed by atoms with Crippen LogP contribution in [0.3, 0.4) is 0 Å². The molecule has 1 N–H and O–H groups in total. The average Bonchev–Trinajstić information content (AvgIpc) is 2.50. The topological polar surface area (TPSA) is 55.4 Å². The van der Waals surface area contributed by atoms with E-state index in [4.69, 9.17) is 4.74 Å². The average molecular weight is 398 g/mol. The van der Waals surface area contributed by atoms with Crippen molar-refractivity contribution in [1.82, 2.24) is 5.32 Å². The Morgan fingerprint density at radius 1 is 1.12 bits per heavy atom. The molecule has 1 rings (SSSR count). The van der Waals surface area contributed by atoms with Crippen LogP contribution in [0.4, 0.5) is 0 Å². The number of rotatable bonds is 9. The van der Waals surface area contributed by atoms with Gasteiger partial charge in [0.1, 0.15) is 6.04 Å². The van der Waals surface area contributed by atoms with Crippen LogP contribution in [0.2, 0.25) is 0 Å². The fourth-order valence-electron chi connectivity index (χ4n) is 2.33. The Balaban J connectivity index is 2.66. The number of nitrogens with one attached hydrogen (secondary N) is 1. The van der Waals surface area contributed by atoms with Gasteiger partial charge < -0.3 is 10.1 Å². The maximum atomic E-state index is 12.4. The molecule has 24 heavy (non-hydrogen) atoms. The number of carbonyl (C=O) groups excluding carboxylic acids is 2. The third-order valence-electron chi connectivity index (χ3n) is 3.59. The van der Waals surface area contributed by atoms with Crippen LogP contribution in [-0.4, -0.2) is 24.5 Å². The highest BCUT2D eigenvalue weighted by Crippen LogP contribution is 2.16. The normalized spacial score (nSPS) is 12.3. The summed E-state index contributed by atoms with van der Waals surface area (Å²) in [5, 5.41) is 2.81. The molecule has 1 amide bonds. The van der Waals surface area contributed by atoms with E-state index >= 15 is 0 Å². The van der Waals surface area contributed by atoms with Crippen LogP contribution >= 0.6 is 15.9 Å². The zero-order valence-corrected chi connectivity index (χ0v) is 16.6. The first-order valence-electron chi connectivity index (χ1n) is 8.53. The van der Waals surface area contributed by atoms with E-state index < -0.39 is 6.04 Å². The van der Waals surface area contributed by atoms with Gasteiger partial charge in [0.15, 0.2) is 0 Å². The minimum absolute atomic E-state index is 0.271. The first-order valence-corrected chi connectivity index (χ1v) is 9.32. The Kier molecular flexibility index (Phi) is 9.04. The minimum atomic E-state index is -0.622. The first-order chi connectivity index (χ1) is 11.3. The third kappa shape index (κ3) is 7.47. The van der Waals surface area contributed by atoms with Crippen LogP contribution in [0.15, 0.2) is 28.7 Å². The molecule has 0 fully saturated rings. The van der Waals surface area contributed by atoms with Crippen LogP contribution in [-0.2, 0) is 9.53 Å². The number of hydrogen-bond acceptors (Lipinski definition) is 3. The molecule has 1 aromatic carbocycles. The summed E-state index contributed by atoms with van der Waals surface area (Å²) in [5.41, 5.74) is 0.513. The van der Waals surface area contributed by atoms with Gasteiger partial charge in [0, 0.05) is 4.47 Å². The fourth-order valence-corrected chi connectivity index (χ4v) is 2.80. The van der Waals surface area contributed by atoms with E-state index in [0.29, 0.717) is 29.0 Å². The molecule has 0 spiro atoms. The van der Waals surface area contributed by atoms with Crippen LogP contribution in [0.25, 0.3) is 0 Å². The lowest BCUT2D eigenvalue weighted by Crippen LogP contribution is -2.43. The van der Waals surface area contributed by atoms with Crippen molar-refractivity contribution in [2.24, 2.45) is 11.8 Å². The summed E-state index contributed by atoms with van der Waals surface area (Å²) >= 11 is 3.36. The maximum absolute atomic E-state index is 12.4. The molecule has 0 bridgehead atoms. The number of halogens is 1. The Hall–Kier alpha value is -1.36. The van der Waals surface area contributed by atoms with E-state index in [1.807, 2.05) is 19.9 Å². The standard InChI is InChI=1S/C19H28BrNO3/c1-13(2)8-7-11-24-19(23)17(12-14(3)4)21-18(22)15-9-5-6-10-16(15)20/h5-6,9-10,13-14,17H,7-8,11-12H2,1-4H3,(H,21,22). The molecular formula is C19H28BrNO3. The van der Waals surface area contributed by atoms with Crippen molar-refractivity contribution in [1.29, 1.82) is 0 Å². The molecule has 0 saturated heterocycles. The molecule has 4 nitrogen and oxygen atoms in total. The SMILES string of the molecule is CC(C)CCCOC(=O)C(CC(C)C)NC(=O)c1ccccc1Br. The smallest absolute Gasteiger partial charge is 0.328 e. The molecule has 134 valence electrons. The summed E-state index contributed by atoms with van der Waals surface area (Å²) in [6.45, 7) is 8.71. The largest absolute Gasteiger partial charge is 0.464 e. The molecule has 0 aliphatic heterocycles. The highest BCUT2D eigenvalue weighted by atomic mass is 79.9. The second kappa shape index (κ2) is 10.5. The highest BCUT2D eigenvalue weighted by molar-refractivity contribution is 9.10. The Morgan fingerprint density at radius 3 is 2.38 bits per heavy atom. The van der Waals surface area contributed by atoms with E-state index in [9.17, 15) is 9.59 Å². The van der Waals surface area contributed by atoms with E-state index in [1.54, 1.807) is 18.2 Å². The molecule has 1 unspecified atom stereocenters. The van der Waals surface area contributed by atoms with E-state index in [0.717, 1.165) is 12.8 Å². The second-order valence-corrected chi connectivity index (χ2v) is 7.69. The summed E-state index contributed by atoms with van der Waals surface area (Å²) in [4.78, 5) is 24.8. The van der Waals surface area contributed by atoms with Crippen molar-refractivity contribution in [3.63, 3.8) is 0 Å². The zero-order chi connectivity index (χ0) is 18.1. The number of carbonyl (C=O) groups is 2. The van der Waals surface area contributed by atoms with Gasteiger partial charge in [0.05, 0.1) is 12.2 Å². The summed E-state index contributed by atoms with van der Waals surface area (Å²) in [5.74, 6) is 0.239. The summed E-state index contributed by atoms with van der Waals surface area (Å²) in [7, 11) is 0. The molecule has 0 radical (unpaired) electrons. The van der Waals surface area contributed by atoms with E-state index in [-0.39, 0.29) is 17.8 Å². The predicted octanol–water partition coefficient (Wildman–Crippen LogP) is 4.57. The molecule has 1 aromatic rings. The molecule has 1 atom stereocenters. The number of esters is 1. The van der Waals surface area contributed by atoms with E-state index in [2.05, 4.69) is 35.1 Å². The molecule has 0 aliphatic carbocycles. The van der Waals surface area contributed by atoms with Gasteiger partial charge in [-0.15, -0.1) is 0 Å². The first kappa shape index (κ1) is 20.7. The fraction of sp³-hybridized carbons (Fsp3) is 0.579. The quantitative estimate of drug-likeness (QED) is 0.490. The number of ether oxygens (including phenoxy) is 1. The van der Waals surface area contributed by atoms with Crippen molar-refractivity contribution >= 4 is 27.8 Å². The number of benzene rings is 1. The molecule has 0 saturated carbocycles. The van der Waals surface area contributed by atoms with Gasteiger partial charge in [0.2, 0.25) is 0 Å². The van der Waals surface area contributed by atoms with Gasteiger partial charge in [-0.3, -0.25) is 4.79 Å². The minimum Gasteiger partial charge on any atom is -0.464 e. The van der Waals surface area contributed by atoms with Crippen molar-refractivity contribution in [3.8, 4) is 0 Å². The van der Waals surface area contributed by atoms with Gasteiger partial charge >= 0.3 is 5.97 Å². The Morgan fingerprint density at radius 2 is 1.79 bits per heavy atom. The maximum Gasteiger partial charge on any atom is 0.328 e. The Bertz CT molecular complexity index is 543. The molecule has 0 heterocycles. The zero-order valence-electron chi connectivity index (χ0n) is 15.0. The van der Waals surface area contributed by atoms with Crippen molar-refractivity contribution in [2.75, 3.05) is 6.61 Å². The van der Waals surface area contributed by atoms with Crippen LogP contribution < -0.4 is 5.32 Å². The van der Waals surface area contributed by atoms with E-state index in [1.165, 1.54) is 0 Å². The van der Waals surface area contributed by atoms with Crippen molar-refractivity contribution in [3.05, 3.63) is 34.3 Å². The number of amides is 1. The predicted molar refractivity (Wildman–Crippen MR) is 99.9 cm³/mol. The van der Waals surface area contributed by atoms with Gasteiger partial charge in [0.25, 0.3) is 5.91 Å². The highest BCUT2D eigenvalue weighted by Gasteiger charge is 2.24. The third-order valence-corrected chi connectivity index (χ3v) is 4.28. The van der Waals surface area contributed by atoms with Crippen molar-refractivity contribution in [2.45, 2.75) is 53.0 Å². The molecule has 0 aliphatic rings. The van der Waals surface area contributed by atoms with Crippen LogP contribution in [0, 0.1) is 11.8 Å². The van der Waals surface area contributed by atoms with Gasteiger partial charge in [-0.05, 0) is 59.2 Å². The molecule has 0 aromatic heterocycles. The summed E-state index contributed by atoms with van der Waals surface area (Å²) in [6, 6.07) is 6.54. The number of hydrogen-bond donors (Lipinski definition) is 1. The lowest BCUT2D eigenvalue weighted by Gasteiger charge is -2.20. The second-order valence-electron chi connectivity index (χ2n) is 6.84. The van der Waals surface area contributed by atoms with Gasteiger partial charge in [-0.2, -0.15) is 0 Å². The van der Waals surface area contributed by atoms with Crippen LogP contribution in [0.1, 0.15) is 57.3 Å². The lowest BCUT2D eigenvalue weighted by molar-refractivity contribution is -0.146. The van der Waals surface area contributed by atoms with Gasteiger partial charge in [-0.1, -0.05) is 39.8 Å². The van der Waals surface area contributed by atoms with Crippen LogP contribution in [0.5, 0.6) is 0 Å². The lowest BCUT2D eigenvalue weighted by atomic mass is 10.0. The molecule has 5 heteroatoms. The summed E-state index contributed by atoms with van der Waals surface area (Å²) < 4.78 is 6.06. The monoisotopic (exact) mass is 397 g/mol. The van der Waals surface area contributed by atoms with Gasteiger partial charge in [-0.25, -0.2) is 4.79 Å². The molecular weight excluding hydrogens is 370 g/mol. The summed E-state index contributed by atoms with van der Waals surface area (Å²) in [6.07, 6.45) is 2.42. The Labute approximate surface area is 153 Å².